The number of hydrogen-bond donors (Lipinski definition) is 0. The highest BCUT2D eigenvalue weighted by Gasteiger charge is 2.83. The number of carbonyl (C=O) groups excluding carboxylic acids is 9. The molecule has 21 atom stereocenters. The largest absolute Gasteiger partial charge is 0.461 e. The van der Waals surface area contributed by atoms with Crippen LogP contribution in [0.3, 0.4) is 0 Å². The van der Waals surface area contributed by atoms with Crippen molar-refractivity contribution in [2.24, 2.45) is 87.8 Å². The van der Waals surface area contributed by atoms with Crippen molar-refractivity contribution in [1.29, 1.82) is 0 Å². The molecule has 0 aromatic rings. The number of unbranched alkanes of at least 4 members (excludes halogenated alkanes) is 5. The van der Waals surface area contributed by atoms with Gasteiger partial charge in [0.25, 0.3) is 0 Å². The van der Waals surface area contributed by atoms with Crippen LogP contribution in [0.5, 0.6) is 0 Å². The maximum atomic E-state index is 13.1. The lowest BCUT2D eigenvalue weighted by molar-refractivity contribution is -0.275. The third kappa shape index (κ3) is 13.7. The molecule has 4 bridgehead atoms. The number of ether oxygens (including phenoxy) is 10. The normalized spacial score (nSPS) is 38.2. The average Bonchev–Trinajstić information content (AvgIpc) is 1.44. The lowest BCUT2D eigenvalue weighted by atomic mass is 9.43. The summed E-state index contributed by atoms with van der Waals surface area (Å²) in [7, 11) is 0. The standard InChI is InChI=1S/C25H30O3.3C24H28O4.C24H30O4/c1-4-6-12-22-24-14-13-17(15-20(24)16(3)27-22)25(21(24)9-5-2)19-11-8-7-10-18(19)23(26)28-25;1-3-9-19-20(10-4-2)24(18-14-8-6-12-16(18)22(26)28-24)23(19)17-13-7-5-11-15(17)21(25)27-23;2*1-3-5-11-19-16-13-12-14-17(8-4-2)24(21(14)20(16)23(26)27-19)18-10-7-6-9-15(18)22(25)28-24;1-3-5-7-18-16-10-9-15-14-11-12-24(21(15)20(16)23(26)27-18)17(13-14)22(25)28-19(24)8-6-4-2/h7,10,12,15,17,21H,3-6,8-9,11,13-14H2,1-2H3;5-6,11-12,19-20H,3-4,7-10,13-14H2,1-2H3;2*6,9,11,14,17,21H,3-5,7-8,10,12-13H2,1-2H3;8,13-15,18,21H,3-7,9-12H2,1-2H3/b22-12-;;2*19-11-;19-8-/t17-,21-,24-,25?;;14?,17-,21?,24+;;14?,15-,18?,21?,24-/m1.0.0/s1. The van der Waals surface area contributed by atoms with Gasteiger partial charge in [-0.05, 0) is 280 Å². The second kappa shape index (κ2) is 37.5. The summed E-state index contributed by atoms with van der Waals surface area (Å²) in [6.07, 6.45) is 73.4. The van der Waals surface area contributed by atoms with Crippen LogP contribution in [-0.2, 0) is 90.5 Å². The topological polar surface area (TPSA) is 246 Å². The fraction of sp³-hybridized carbons (Fsp3) is 0.595. The van der Waals surface area contributed by atoms with E-state index in [9.17, 15) is 43.2 Å². The molecule has 7 fully saturated rings. The summed E-state index contributed by atoms with van der Waals surface area (Å²) in [5.74, 6) is 5.62. The molecule has 0 N–H and O–H groups in total. The zero-order valence-corrected chi connectivity index (χ0v) is 84.3. The lowest BCUT2D eigenvalue weighted by Crippen LogP contribution is -2.77. The van der Waals surface area contributed by atoms with Gasteiger partial charge >= 0.3 is 53.7 Å². The molecule has 0 radical (unpaired) electrons. The SMILES string of the molecule is C=C1O/C(=C\CCC)[C@]23CC[C@H](C=C12)C1(OC(=O)C2=C1CCC=C2)[C@@H]3CCC.CCC/C=C1\OC(=O)C2=C1CCC1C(CCC)C3(OC(=O)C4=C3CCC=C4)C21.CCC/C=C1\OC(=O)C2=C1CCC1C2[C@@]2(OC(=O)C3=C2CCC=C3)[C@H]1CCC.CCC/C=C1\OC(=O)C2=CC3CC[C@]21C1C2=C(CC[C@@H]31)C(CCCC)OC2=O.CCCC1C(CCC)C2(OC(=O)C3=C2CCC=C3)C12OC(=O)C1=C2CCC=C1. The first-order chi connectivity index (χ1) is 68.1. The van der Waals surface area contributed by atoms with Crippen LogP contribution in [0.15, 0.2) is 233 Å². The monoisotopic (exact) mass is 1900 g/mol. The van der Waals surface area contributed by atoms with Gasteiger partial charge in [-0.15, -0.1) is 0 Å². The van der Waals surface area contributed by atoms with Crippen molar-refractivity contribution in [3.05, 3.63) is 233 Å². The highest BCUT2D eigenvalue weighted by atomic mass is 16.6. The second-order valence-corrected chi connectivity index (χ2v) is 44.3. The van der Waals surface area contributed by atoms with E-state index >= 15 is 0 Å². The predicted octanol–water partition coefficient (Wildman–Crippen LogP) is 25.5. The van der Waals surface area contributed by atoms with Crippen LogP contribution in [-0.4, -0.2) is 87.8 Å². The number of esters is 9. The third-order valence-corrected chi connectivity index (χ3v) is 37.7. The van der Waals surface area contributed by atoms with E-state index in [-0.39, 0.29) is 107 Å². The van der Waals surface area contributed by atoms with Crippen molar-refractivity contribution in [2.75, 3.05) is 0 Å². The minimum atomic E-state index is -0.794. The minimum absolute atomic E-state index is 0.0317. The second-order valence-electron chi connectivity index (χ2n) is 44.3. The Labute approximate surface area is 826 Å². The molecule has 17 aliphatic carbocycles. The van der Waals surface area contributed by atoms with Crippen molar-refractivity contribution in [1.82, 2.24) is 0 Å². The first kappa shape index (κ1) is 96.0. The van der Waals surface area contributed by atoms with Gasteiger partial charge in [0.15, 0.2) is 11.2 Å². The molecule has 5 saturated carbocycles. The number of rotatable bonds is 21. The first-order valence-corrected chi connectivity index (χ1v) is 55.0. The fourth-order valence-corrected chi connectivity index (χ4v) is 32.8. The Morgan fingerprint density at radius 1 is 0.350 bits per heavy atom. The molecule has 2 saturated heterocycles. The van der Waals surface area contributed by atoms with E-state index in [2.05, 4.69) is 143 Å². The van der Waals surface area contributed by atoms with Gasteiger partial charge in [-0.2, -0.15) is 0 Å². The number of cyclic esters (lactones) is 4. The third-order valence-electron chi connectivity index (χ3n) is 37.7. The highest BCUT2D eigenvalue weighted by Crippen LogP contribution is 2.77. The molecule has 19 nitrogen and oxygen atoms in total. The van der Waals surface area contributed by atoms with E-state index in [0.29, 0.717) is 46.7 Å². The van der Waals surface area contributed by atoms with Crippen LogP contribution in [0.1, 0.15) is 332 Å². The number of fused-ring (bicyclic) bond motifs is 13. The molecule has 7 spiro atoms. The summed E-state index contributed by atoms with van der Waals surface area (Å²) in [6, 6.07) is 0. The Morgan fingerprint density at radius 3 is 1.24 bits per heavy atom. The quantitative estimate of drug-likeness (QED) is 0.0765. The van der Waals surface area contributed by atoms with Crippen LogP contribution >= 0.6 is 0 Å². The molecule has 27 aliphatic rings. The van der Waals surface area contributed by atoms with E-state index < -0.39 is 33.4 Å². The lowest BCUT2D eigenvalue weighted by Gasteiger charge is -2.65. The van der Waals surface area contributed by atoms with Crippen molar-refractivity contribution in [3.8, 4) is 0 Å². The maximum Gasteiger partial charge on any atom is 0.340 e. The number of carbonyl (C=O) groups is 9. The maximum absolute atomic E-state index is 13.1. The fourth-order valence-electron chi connectivity index (χ4n) is 32.8. The van der Waals surface area contributed by atoms with E-state index in [1.807, 2.05) is 30.4 Å². The van der Waals surface area contributed by atoms with Gasteiger partial charge in [0.05, 0.1) is 49.8 Å². The Balaban J connectivity index is 0.000000104. The Hall–Kier alpha value is -10.2. The summed E-state index contributed by atoms with van der Waals surface area (Å²) in [4.78, 5) is 116. The first-order valence-electron chi connectivity index (χ1n) is 55.0. The van der Waals surface area contributed by atoms with Crippen LogP contribution in [0.25, 0.3) is 0 Å². The Kier molecular flexibility index (Phi) is 25.7. The minimum Gasteiger partial charge on any atom is -0.461 e. The molecule has 742 valence electrons. The van der Waals surface area contributed by atoms with E-state index in [0.717, 1.165) is 364 Å². The van der Waals surface area contributed by atoms with Crippen LogP contribution in [0.4, 0.5) is 0 Å². The van der Waals surface area contributed by atoms with Gasteiger partial charge in [0.1, 0.15) is 51.7 Å². The van der Waals surface area contributed by atoms with Crippen molar-refractivity contribution >= 4 is 53.7 Å². The van der Waals surface area contributed by atoms with Crippen LogP contribution in [0, 0.1) is 87.8 Å². The zero-order valence-electron chi connectivity index (χ0n) is 84.3. The molecule has 14 unspecified atom stereocenters. The molecule has 0 amide bonds. The summed E-state index contributed by atoms with van der Waals surface area (Å²) in [6.45, 7) is 26.0. The van der Waals surface area contributed by atoms with E-state index in [1.54, 1.807) is 0 Å². The van der Waals surface area contributed by atoms with Crippen molar-refractivity contribution in [2.45, 2.75) is 367 Å². The predicted molar refractivity (Wildman–Crippen MR) is 529 cm³/mol. The van der Waals surface area contributed by atoms with Gasteiger partial charge in [0.2, 0.25) is 0 Å². The summed E-state index contributed by atoms with van der Waals surface area (Å²) in [5, 5.41) is 0. The van der Waals surface area contributed by atoms with Crippen molar-refractivity contribution in [3.63, 3.8) is 0 Å². The van der Waals surface area contributed by atoms with Gasteiger partial charge < -0.3 is 47.4 Å². The summed E-state index contributed by atoms with van der Waals surface area (Å²) >= 11 is 0. The zero-order chi connectivity index (χ0) is 97.4. The smallest absolute Gasteiger partial charge is 0.340 e. The number of hydrogen-bond acceptors (Lipinski definition) is 19. The van der Waals surface area contributed by atoms with Crippen LogP contribution in [0.2, 0.25) is 0 Å². The molecular weight excluding hydrogens is 1760 g/mol. The molecule has 140 heavy (non-hydrogen) atoms. The summed E-state index contributed by atoms with van der Waals surface area (Å²) in [5.41, 5.74) is 13.5. The average molecular weight is 1900 g/mol. The van der Waals surface area contributed by atoms with Gasteiger partial charge in [-0.25, -0.2) is 43.2 Å². The highest BCUT2D eigenvalue weighted by molar-refractivity contribution is 6.04. The molecule has 10 heterocycles. The Bertz CT molecular complexity index is 5740. The molecule has 0 aromatic heterocycles. The van der Waals surface area contributed by atoms with Crippen molar-refractivity contribution < 1.29 is 90.5 Å². The molecule has 10 aliphatic heterocycles. The summed E-state index contributed by atoms with van der Waals surface area (Å²) < 4.78 is 60.9. The number of allylic oxidation sites excluding steroid dienone is 15. The van der Waals surface area contributed by atoms with Gasteiger partial charge in [-0.1, -0.05) is 213 Å². The Morgan fingerprint density at radius 2 is 0.771 bits per heavy atom. The molecule has 27 rings (SSSR count). The van der Waals surface area contributed by atoms with Gasteiger partial charge in [-0.3, -0.25) is 0 Å². The van der Waals surface area contributed by atoms with E-state index in [4.69, 9.17) is 47.4 Å². The molecular formula is C121H144O19. The van der Waals surface area contributed by atoms with Crippen LogP contribution < -0.4 is 0 Å². The van der Waals surface area contributed by atoms with Gasteiger partial charge in [0, 0.05) is 81.1 Å². The van der Waals surface area contributed by atoms with E-state index in [1.165, 1.54) is 16.7 Å². The molecule has 0 aromatic carbocycles. The molecule has 19 heteroatoms.